The van der Waals surface area contributed by atoms with Gasteiger partial charge < -0.3 is 20.5 Å². The summed E-state index contributed by atoms with van der Waals surface area (Å²) in [7, 11) is 0. The minimum atomic E-state index is -4.82. The van der Waals surface area contributed by atoms with Gasteiger partial charge in [0.2, 0.25) is 0 Å². The van der Waals surface area contributed by atoms with Gasteiger partial charge in [0.1, 0.15) is 18.1 Å². The van der Waals surface area contributed by atoms with Gasteiger partial charge in [0.25, 0.3) is 11.9 Å². The van der Waals surface area contributed by atoms with Gasteiger partial charge in [0.05, 0.1) is 11.7 Å². The standard InChI is InChI=1S/C21H17F5N4O3/c1-3-6-32-12-4-5-15(28-10-12)18(31)29-11-7-13(17(23)14(22)8-11)20(2)9-16(21(24,25)26)33-19(27)30-20/h1,4-5,7-8,10,16H,6,9H2,2H3,(H2,27,30)(H,29,31)/t16-,20+/m0/s1. The molecule has 3 rings (SSSR count). The van der Waals surface area contributed by atoms with Gasteiger partial charge in [-0.1, -0.05) is 5.92 Å². The van der Waals surface area contributed by atoms with Crippen LogP contribution in [0.5, 0.6) is 5.75 Å². The molecule has 1 aliphatic rings. The van der Waals surface area contributed by atoms with E-state index in [4.69, 9.17) is 16.9 Å². The Hall–Kier alpha value is -3.88. The van der Waals surface area contributed by atoms with Crippen molar-refractivity contribution in [1.29, 1.82) is 0 Å². The van der Waals surface area contributed by atoms with Crippen molar-refractivity contribution in [2.24, 2.45) is 10.7 Å². The molecule has 2 aromatic rings. The van der Waals surface area contributed by atoms with E-state index in [1.54, 1.807) is 0 Å². The fourth-order valence-electron chi connectivity index (χ4n) is 3.19. The Labute approximate surface area is 184 Å². The predicted molar refractivity (Wildman–Crippen MR) is 107 cm³/mol. The van der Waals surface area contributed by atoms with E-state index in [1.165, 1.54) is 18.3 Å². The molecule has 12 heteroatoms. The summed E-state index contributed by atoms with van der Waals surface area (Å²) in [5.41, 5.74) is 2.60. The summed E-state index contributed by atoms with van der Waals surface area (Å²) < 4.78 is 78.2. The number of alkyl halides is 3. The number of amidine groups is 1. The van der Waals surface area contributed by atoms with Crippen LogP contribution in [0.1, 0.15) is 29.4 Å². The van der Waals surface area contributed by atoms with Crippen LogP contribution >= 0.6 is 0 Å². The Kier molecular flexibility index (Phi) is 6.44. The molecule has 1 aromatic carbocycles. The lowest BCUT2D eigenvalue weighted by molar-refractivity contribution is -0.208. The molecule has 1 aromatic heterocycles. The van der Waals surface area contributed by atoms with Crippen LogP contribution in [0, 0.1) is 24.0 Å². The summed E-state index contributed by atoms with van der Waals surface area (Å²) >= 11 is 0. The third-order valence-corrected chi connectivity index (χ3v) is 4.73. The molecule has 33 heavy (non-hydrogen) atoms. The predicted octanol–water partition coefficient (Wildman–Crippen LogP) is 3.51. The van der Waals surface area contributed by atoms with E-state index in [2.05, 4.69) is 26.0 Å². The number of nitrogens with two attached hydrogens (primary N) is 1. The topological polar surface area (TPSA) is 98.8 Å². The average Bonchev–Trinajstić information content (AvgIpc) is 2.73. The molecular weight excluding hydrogens is 451 g/mol. The van der Waals surface area contributed by atoms with Crippen molar-refractivity contribution >= 4 is 17.6 Å². The van der Waals surface area contributed by atoms with Crippen LogP contribution in [-0.4, -0.2) is 35.8 Å². The number of aliphatic imine (C=N–C) groups is 1. The van der Waals surface area contributed by atoms with Crippen LogP contribution in [0.2, 0.25) is 0 Å². The number of pyridine rings is 1. The van der Waals surface area contributed by atoms with Gasteiger partial charge in [-0.05, 0) is 25.1 Å². The van der Waals surface area contributed by atoms with E-state index < -0.39 is 53.4 Å². The number of carbonyl (C=O) groups is 1. The van der Waals surface area contributed by atoms with Crippen LogP contribution in [0.25, 0.3) is 0 Å². The monoisotopic (exact) mass is 468 g/mol. The summed E-state index contributed by atoms with van der Waals surface area (Å²) in [6, 6.07) is 3.57. The van der Waals surface area contributed by atoms with Gasteiger partial charge in [-0.25, -0.2) is 18.8 Å². The number of rotatable bonds is 5. The number of nitrogens with zero attached hydrogens (tertiary/aromatic N) is 2. The number of carbonyl (C=O) groups excluding carboxylic acids is 1. The molecule has 2 heterocycles. The molecule has 2 atom stereocenters. The third-order valence-electron chi connectivity index (χ3n) is 4.73. The molecule has 3 N–H and O–H groups in total. The highest BCUT2D eigenvalue weighted by molar-refractivity contribution is 6.02. The summed E-state index contributed by atoms with van der Waals surface area (Å²) in [5, 5.41) is 2.32. The van der Waals surface area contributed by atoms with Crippen molar-refractivity contribution in [2.75, 3.05) is 11.9 Å². The highest BCUT2D eigenvalue weighted by Crippen LogP contribution is 2.41. The summed E-state index contributed by atoms with van der Waals surface area (Å²) in [6.45, 7) is 1.15. The second kappa shape index (κ2) is 8.93. The molecule has 0 radical (unpaired) electrons. The van der Waals surface area contributed by atoms with Gasteiger partial charge >= 0.3 is 6.18 Å². The zero-order valence-corrected chi connectivity index (χ0v) is 17.0. The second-order valence-corrected chi connectivity index (χ2v) is 7.22. The molecule has 0 aliphatic carbocycles. The van der Waals surface area contributed by atoms with Gasteiger partial charge in [-0.3, -0.25) is 4.79 Å². The maximum Gasteiger partial charge on any atom is 0.425 e. The first-order chi connectivity index (χ1) is 15.4. The zero-order valence-electron chi connectivity index (χ0n) is 17.0. The quantitative estimate of drug-likeness (QED) is 0.517. The Balaban J connectivity index is 1.89. The van der Waals surface area contributed by atoms with Crippen molar-refractivity contribution < 1.29 is 36.2 Å². The fourth-order valence-corrected chi connectivity index (χ4v) is 3.19. The van der Waals surface area contributed by atoms with E-state index in [0.29, 0.717) is 11.8 Å². The summed E-state index contributed by atoms with van der Waals surface area (Å²) in [5.74, 6) is -1.05. The number of amides is 1. The molecule has 0 unspecified atom stereocenters. The van der Waals surface area contributed by atoms with Crippen LogP contribution in [-0.2, 0) is 10.3 Å². The number of aromatic nitrogens is 1. The molecule has 174 valence electrons. The average molecular weight is 468 g/mol. The first-order valence-corrected chi connectivity index (χ1v) is 9.35. The number of nitrogens with one attached hydrogen (secondary N) is 1. The van der Waals surface area contributed by atoms with E-state index in [0.717, 1.165) is 13.0 Å². The molecule has 7 nitrogen and oxygen atoms in total. The Morgan fingerprint density at radius 2 is 2.12 bits per heavy atom. The first-order valence-electron chi connectivity index (χ1n) is 9.35. The van der Waals surface area contributed by atoms with Crippen LogP contribution in [0.3, 0.4) is 0 Å². The molecule has 0 fully saturated rings. The number of anilines is 1. The summed E-state index contributed by atoms with van der Waals surface area (Å²) in [6.07, 6.45) is -1.73. The Bertz CT molecular complexity index is 1130. The minimum Gasteiger partial charge on any atom is -0.479 e. The Morgan fingerprint density at radius 1 is 1.39 bits per heavy atom. The number of hydrogen-bond acceptors (Lipinski definition) is 6. The lowest BCUT2D eigenvalue weighted by Crippen LogP contribution is -2.46. The molecule has 0 saturated carbocycles. The summed E-state index contributed by atoms with van der Waals surface area (Å²) in [4.78, 5) is 20.1. The normalized spacial score (nSPS) is 20.3. The van der Waals surface area contributed by atoms with Crippen molar-refractivity contribution in [3.63, 3.8) is 0 Å². The van der Waals surface area contributed by atoms with Gasteiger partial charge in [-0.15, -0.1) is 6.42 Å². The molecule has 1 aliphatic heterocycles. The van der Waals surface area contributed by atoms with Crippen LogP contribution in [0.15, 0.2) is 35.5 Å². The van der Waals surface area contributed by atoms with Gasteiger partial charge in [0, 0.05) is 23.7 Å². The van der Waals surface area contributed by atoms with Crippen molar-refractivity contribution in [3.05, 3.63) is 53.4 Å². The molecular formula is C21H17F5N4O3. The molecule has 1 amide bonds. The zero-order chi connectivity index (χ0) is 24.4. The second-order valence-electron chi connectivity index (χ2n) is 7.22. The number of benzene rings is 1. The van der Waals surface area contributed by atoms with E-state index >= 15 is 0 Å². The molecule has 0 saturated heterocycles. The van der Waals surface area contributed by atoms with E-state index in [1.807, 2.05) is 0 Å². The van der Waals surface area contributed by atoms with Crippen LogP contribution < -0.4 is 15.8 Å². The van der Waals surface area contributed by atoms with E-state index in [-0.39, 0.29) is 18.0 Å². The van der Waals surface area contributed by atoms with Crippen molar-refractivity contribution in [1.82, 2.24) is 4.98 Å². The highest BCUT2D eigenvalue weighted by Gasteiger charge is 2.50. The SMILES string of the molecule is C#CCOc1ccc(C(=O)Nc2cc(F)c(F)c([C@@]3(C)C[C@@H](C(F)(F)F)OC(N)=N3)c2)nc1. The van der Waals surface area contributed by atoms with Crippen molar-refractivity contribution in [3.8, 4) is 18.1 Å². The van der Waals surface area contributed by atoms with Gasteiger partial charge in [-0.2, -0.15) is 13.2 Å². The highest BCUT2D eigenvalue weighted by atomic mass is 19.4. The minimum absolute atomic E-state index is 0.00312. The van der Waals surface area contributed by atoms with Crippen LogP contribution in [0.4, 0.5) is 27.6 Å². The van der Waals surface area contributed by atoms with E-state index in [9.17, 15) is 26.7 Å². The number of terminal acetylenes is 1. The largest absolute Gasteiger partial charge is 0.479 e. The Morgan fingerprint density at radius 3 is 2.73 bits per heavy atom. The van der Waals surface area contributed by atoms with Gasteiger partial charge in [0.15, 0.2) is 17.7 Å². The van der Waals surface area contributed by atoms with Crippen molar-refractivity contribution in [2.45, 2.75) is 31.2 Å². The number of halogens is 5. The molecule has 0 bridgehead atoms. The first kappa shape index (κ1) is 23.8. The maximum atomic E-state index is 14.6. The lowest BCUT2D eigenvalue weighted by Gasteiger charge is -2.36. The maximum absolute atomic E-state index is 14.6. The lowest BCUT2D eigenvalue weighted by atomic mass is 9.85. The number of ether oxygens (including phenoxy) is 2. The number of hydrogen-bond donors (Lipinski definition) is 2. The fraction of sp³-hybridized carbons (Fsp3) is 0.286. The molecule has 0 spiro atoms. The third kappa shape index (κ3) is 5.31. The smallest absolute Gasteiger partial charge is 0.425 e.